The van der Waals surface area contributed by atoms with E-state index in [4.69, 9.17) is 0 Å². The Kier molecular flexibility index (Phi) is 6.00. The van der Waals surface area contributed by atoms with Gasteiger partial charge in [0.15, 0.2) is 0 Å². The van der Waals surface area contributed by atoms with E-state index in [-0.39, 0.29) is 18.5 Å². The van der Waals surface area contributed by atoms with Crippen LogP contribution in [0, 0.1) is 11.6 Å². The third-order valence-electron chi connectivity index (χ3n) is 5.27. The van der Waals surface area contributed by atoms with Crippen molar-refractivity contribution < 1.29 is 17.5 Å². The van der Waals surface area contributed by atoms with E-state index in [1.807, 2.05) is 0 Å². The fraction of sp³-hybridized carbons (Fsp3) is 0.182. The lowest BCUT2D eigenvalue weighted by Crippen LogP contribution is -2.20. The molecule has 7 nitrogen and oxygen atoms in total. The molecule has 0 saturated carbocycles. The molecule has 1 aliphatic rings. The van der Waals surface area contributed by atoms with Crippen LogP contribution in [0.4, 0.5) is 14.5 Å². The van der Waals surface area contributed by atoms with Crippen molar-refractivity contribution in [3.63, 3.8) is 0 Å². The molecule has 32 heavy (non-hydrogen) atoms. The number of aromatic nitrogens is 1. The molecule has 3 aromatic rings. The lowest BCUT2D eigenvalue weighted by atomic mass is 9.91. The summed E-state index contributed by atoms with van der Waals surface area (Å²) < 4.78 is 53.7. The number of anilines is 1. The van der Waals surface area contributed by atoms with Gasteiger partial charge in [0.25, 0.3) is 5.56 Å². The van der Waals surface area contributed by atoms with Gasteiger partial charge in [0.05, 0.1) is 11.4 Å². The molecule has 0 saturated heterocycles. The van der Waals surface area contributed by atoms with Crippen molar-refractivity contribution in [1.82, 2.24) is 9.29 Å². The molecule has 0 fully saturated rings. The first-order valence-electron chi connectivity index (χ1n) is 9.69. The Bertz CT molecular complexity index is 1310. The molecule has 0 amide bonds. The average Bonchev–Trinajstić information content (AvgIpc) is 2.84. The van der Waals surface area contributed by atoms with E-state index in [1.54, 1.807) is 38.5 Å². The minimum Gasteiger partial charge on any atom is -0.760 e. The third kappa shape index (κ3) is 4.24. The third-order valence-corrected chi connectivity index (χ3v) is 5.71. The molecule has 1 N–H and O–H groups in total. The molecule has 1 unspecified atom stereocenters. The van der Waals surface area contributed by atoms with Crippen molar-refractivity contribution in [2.24, 2.45) is 12.1 Å². The number of aryl methyl sites for hydroxylation is 1. The molecule has 166 valence electrons. The van der Waals surface area contributed by atoms with Crippen LogP contribution in [0.5, 0.6) is 0 Å². The molecule has 0 bridgehead atoms. The number of hydrogen-bond donors (Lipinski definition) is 1. The van der Waals surface area contributed by atoms with E-state index in [0.717, 1.165) is 0 Å². The average molecular weight is 457 g/mol. The molecule has 1 aromatic heterocycles. The Hall–Kier alpha value is -3.21. The summed E-state index contributed by atoms with van der Waals surface area (Å²) in [5, 5.41) is 6.14. The predicted octanol–water partition coefficient (Wildman–Crippen LogP) is 2.46. The number of nitrogens with zero attached hydrogens (tertiary/aromatic N) is 3. The van der Waals surface area contributed by atoms with Crippen molar-refractivity contribution in [3.8, 4) is 11.1 Å². The first-order chi connectivity index (χ1) is 15.2. The lowest BCUT2D eigenvalue weighted by molar-refractivity contribution is 0.522. The number of pyridine rings is 1. The summed E-state index contributed by atoms with van der Waals surface area (Å²) in [7, 11) is 3.30. The highest BCUT2D eigenvalue weighted by Crippen LogP contribution is 2.37. The Morgan fingerprint density at radius 1 is 1.06 bits per heavy atom. The molecule has 0 aliphatic carbocycles. The molecule has 1 atom stereocenters. The maximum Gasteiger partial charge on any atom is 0.252 e. The fourth-order valence-corrected chi connectivity index (χ4v) is 3.94. The van der Waals surface area contributed by atoms with Gasteiger partial charge >= 0.3 is 0 Å². The second kappa shape index (κ2) is 8.73. The van der Waals surface area contributed by atoms with Gasteiger partial charge in [-0.15, -0.1) is 0 Å². The molecule has 0 radical (unpaired) electrons. The standard InChI is InChI=1S/C22H20F2N4O3S/c1-27-12-18-16-9-14(7-8-25-32(30)31)19(24)10-17(16)22(13-3-5-15(23)6-4-13)26-28(2)20(18)11-21(27)29/h3-6,9-12,25H,7-8H2,1-2H3,(H,30,31)/p-1. The maximum absolute atomic E-state index is 15.0. The summed E-state index contributed by atoms with van der Waals surface area (Å²) in [6, 6.07) is 10.1. The van der Waals surface area contributed by atoms with Crippen molar-refractivity contribution in [1.29, 1.82) is 0 Å². The van der Waals surface area contributed by atoms with E-state index >= 15 is 4.39 Å². The van der Waals surface area contributed by atoms with Gasteiger partial charge in [-0.2, -0.15) is 5.10 Å². The number of hydrogen-bond acceptors (Lipinski definition) is 5. The molecule has 10 heteroatoms. The Balaban J connectivity index is 1.95. The number of nitrogens with one attached hydrogen (secondary N) is 1. The Morgan fingerprint density at radius 3 is 2.47 bits per heavy atom. The minimum atomic E-state index is -2.45. The van der Waals surface area contributed by atoms with Gasteiger partial charge < -0.3 is 9.12 Å². The van der Waals surface area contributed by atoms with Crippen LogP contribution >= 0.6 is 0 Å². The van der Waals surface area contributed by atoms with E-state index in [1.165, 1.54) is 33.8 Å². The zero-order valence-electron chi connectivity index (χ0n) is 17.3. The molecule has 2 heterocycles. The second-order valence-corrected chi connectivity index (χ2v) is 8.13. The second-order valence-electron chi connectivity index (χ2n) is 7.37. The van der Waals surface area contributed by atoms with E-state index in [9.17, 15) is 17.9 Å². The van der Waals surface area contributed by atoms with Crippen LogP contribution in [0.1, 0.15) is 16.7 Å². The van der Waals surface area contributed by atoms with Crippen molar-refractivity contribution in [3.05, 3.63) is 87.3 Å². The van der Waals surface area contributed by atoms with Crippen LogP contribution in [0.2, 0.25) is 0 Å². The summed E-state index contributed by atoms with van der Waals surface area (Å²) in [4.78, 5) is 12.3. The quantitative estimate of drug-likeness (QED) is 0.596. The molecular weight excluding hydrogens is 438 g/mol. The SMILES string of the molecule is CN1N=C(c2ccc(F)cc2)c2cc(F)c(CCNS(=O)[O-])cc2-c2cn(C)c(=O)cc21. The van der Waals surface area contributed by atoms with Crippen molar-refractivity contribution in [2.45, 2.75) is 6.42 Å². The number of hydrazone groups is 1. The zero-order valence-corrected chi connectivity index (χ0v) is 18.1. The highest BCUT2D eigenvalue weighted by Gasteiger charge is 2.25. The number of halogens is 2. The smallest absolute Gasteiger partial charge is 0.252 e. The highest BCUT2D eigenvalue weighted by atomic mass is 32.2. The van der Waals surface area contributed by atoms with Gasteiger partial charge in [0.1, 0.15) is 11.6 Å². The molecule has 4 rings (SSSR count). The van der Waals surface area contributed by atoms with Gasteiger partial charge in [-0.25, -0.2) is 13.5 Å². The monoisotopic (exact) mass is 457 g/mol. The van der Waals surface area contributed by atoms with Gasteiger partial charge in [-0.1, -0.05) is 0 Å². The Labute approximate surface area is 185 Å². The minimum absolute atomic E-state index is 0.0325. The van der Waals surface area contributed by atoms with Crippen molar-refractivity contribution in [2.75, 3.05) is 18.6 Å². The van der Waals surface area contributed by atoms with Gasteiger partial charge in [0, 0.05) is 60.9 Å². The summed E-state index contributed by atoms with van der Waals surface area (Å²) in [6.45, 7) is 0.0325. The van der Waals surface area contributed by atoms with Gasteiger partial charge in [-0.05, 0) is 53.9 Å². The summed E-state index contributed by atoms with van der Waals surface area (Å²) in [6.07, 6.45) is 1.79. The molecule has 1 aliphatic heterocycles. The van der Waals surface area contributed by atoms with E-state index in [2.05, 4.69) is 9.82 Å². The summed E-state index contributed by atoms with van der Waals surface area (Å²) in [5.41, 5.74) is 3.36. The predicted molar refractivity (Wildman–Crippen MR) is 118 cm³/mol. The highest BCUT2D eigenvalue weighted by molar-refractivity contribution is 7.77. The van der Waals surface area contributed by atoms with Gasteiger partial charge in [0.2, 0.25) is 0 Å². The Morgan fingerprint density at radius 2 is 1.78 bits per heavy atom. The number of benzene rings is 2. The molecule has 2 aromatic carbocycles. The zero-order chi connectivity index (χ0) is 23.0. The van der Waals surface area contributed by atoms with E-state index in [0.29, 0.717) is 39.2 Å². The molecular formula is C22H19F2N4O3S-. The first kappa shape index (κ1) is 22.0. The van der Waals surface area contributed by atoms with Crippen LogP contribution in [0.25, 0.3) is 11.1 Å². The summed E-state index contributed by atoms with van der Waals surface area (Å²) >= 11 is -2.45. The number of fused-ring (bicyclic) bond motifs is 3. The topological polar surface area (TPSA) is 89.8 Å². The normalized spacial score (nSPS) is 13.8. The first-order valence-corrected chi connectivity index (χ1v) is 10.8. The van der Waals surface area contributed by atoms with Crippen LogP contribution < -0.4 is 15.3 Å². The van der Waals surface area contributed by atoms with Crippen LogP contribution in [0.15, 0.2) is 58.6 Å². The van der Waals surface area contributed by atoms with Crippen LogP contribution in [-0.4, -0.2) is 32.6 Å². The van der Waals surface area contributed by atoms with Gasteiger partial charge in [-0.3, -0.25) is 14.0 Å². The van der Waals surface area contributed by atoms with Crippen molar-refractivity contribution >= 4 is 22.7 Å². The maximum atomic E-state index is 15.0. The van der Waals surface area contributed by atoms with Crippen LogP contribution in [-0.2, 0) is 24.7 Å². The van der Waals surface area contributed by atoms with Crippen LogP contribution in [0.3, 0.4) is 0 Å². The fourth-order valence-electron chi connectivity index (χ4n) is 3.67. The number of rotatable bonds is 5. The largest absolute Gasteiger partial charge is 0.760 e. The summed E-state index contributed by atoms with van der Waals surface area (Å²) in [5.74, 6) is -0.930. The van der Waals surface area contributed by atoms with E-state index < -0.39 is 22.9 Å². The lowest BCUT2D eigenvalue weighted by Gasteiger charge is -2.17. The molecule has 0 spiro atoms.